The number of rotatable bonds is 1. The van der Waals surface area contributed by atoms with E-state index >= 15 is 0 Å². The van der Waals surface area contributed by atoms with Gasteiger partial charge in [-0.1, -0.05) is 0 Å². The molecule has 2 heterocycles. The van der Waals surface area contributed by atoms with Crippen molar-refractivity contribution in [2.24, 2.45) is 0 Å². The summed E-state index contributed by atoms with van der Waals surface area (Å²) in [7, 11) is 0. The fourth-order valence-corrected chi connectivity index (χ4v) is 2.11. The smallest absolute Gasteiger partial charge is 0.273 e. The van der Waals surface area contributed by atoms with Crippen molar-refractivity contribution in [3.8, 4) is 0 Å². The van der Waals surface area contributed by atoms with E-state index in [9.17, 15) is 9.59 Å². The summed E-state index contributed by atoms with van der Waals surface area (Å²) in [6.07, 6.45) is 2.34. The predicted octanol–water partition coefficient (Wildman–Crippen LogP) is 1.19. The average molecular weight is 312 g/mol. The van der Waals surface area contributed by atoms with Crippen molar-refractivity contribution < 1.29 is 9.59 Å². The van der Waals surface area contributed by atoms with Gasteiger partial charge in [0.25, 0.3) is 5.91 Å². The number of hydrogen-bond acceptors (Lipinski definition) is 3. The minimum absolute atomic E-state index is 0.113. The number of carbonyl (C=O) groups excluding carboxylic acids is 2. The lowest BCUT2D eigenvalue weighted by Crippen LogP contribution is -2.45. The van der Waals surface area contributed by atoms with E-state index in [1.54, 1.807) is 30.2 Å². The fraction of sp³-hybridized carbons (Fsp3) is 0.417. The van der Waals surface area contributed by atoms with E-state index in [-0.39, 0.29) is 11.8 Å². The van der Waals surface area contributed by atoms with Crippen LogP contribution < -0.4 is 5.32 Å². The second-order valence-corrected chi connectivity index (χ2v) is 5.10. The van der Waals surface area contributed by atoms with Gasteiger partial charge in [-0.05, 0) is 41.4 Å². The Morgan fingerprint density at radius 1 is 1.56 bits per heavy atom. The van der Waals surface area contributed by atoms with Crippen LogP contribution in [0.5, 0.6) is 0 Å². The molecule has 1 saturated heterocycles. The summed E-state index contributed by atoms with van der Waals surface area (Å²) >= 11 is 3.27. The van der Waals surface area contributed by atoms with Crippen molar-refractivity contribution in [3.05, 3.63) is 28.5 Å². The lowest BCUT2D eigenvalue weighted by atomic mass is 10.2. The number of aromatic nitrogens is 1. The number of amides is 2. The van der Waals surface area contributed by atoms with Crippen molar-refractivity contribution in [2.45, 2.75) is 19.4 Å². The summed E-state index contributed by atoms with van der Waals surface area (Å²) in [5, 5.41) is 2.78. The van der Waals surface area contributed by atoms with Gasteiger partial charge in [0, 0.05) is 23.8 Å². The number of carbonyl (C=O) groups is 2. The molecule has 2 rings (SSSR count). The van der Waals surface area contributed by atoms with E-state index in [1.807, 2.05) is 0 Å². The van der Waals surface area contributed by atoms with E-state index in [0.717, 1.165) is 10.9 Å². The molecule has 0 unspecified atom stereocenters. The summed E-state index contributed by atoms with van der Waals surface area (Å²) < 4.78 is 0.820. The van der Waals surface area contributed by atoms with Crippen LogP contribution in [0.1, 0.15) is 23.8 Å². The van der Waals surface area contributed by atoms with Gasteiger partial charge in [-0.2, -0.15) is 0 Å². The second kappa shape index (κ2) is 5.48. The van der Waals surface area contributed by atoms with Gasteiger partial charge in [-0.3, -0.25) is 9.59 Å². The van der Waals surface area contributed by atoms with E-state index in [1.165, 1.54) is 0 Å². The summed E-state index contributed by atoms with van der Waals surface area (Å²) in [4.78, 5) is 29.6. The second-order valence-electron chi connectivity index (χ2n) is 4.18. The standard InChI is InChI=1S/C12H14BrN3O2/c1-8-11(17)14-5-2-6-16(8)12(18)10-4-3-9(13)7-15-10/h3-4,7-8H,2,5-6H2,1H3,(H,14,17)/t8-/m0/s1. The monoisotopic (exact) mass is 311 g/mol. The molecule has 18 heavy (non-hydrogen) atoms. The molecule has 1 aromatic heterocycles. The molecule has 0 saturated carbocycles. The van der Waals surface area contributed by atoms with Gasteiger partial charge in [-0.15, -0.1) is 0 Å². The Balaban J connectivity index is 2.21. The zero-order valence-electron chi connectivity index (χ0n) is 10.0. The zero-order chi connectivity index (χ0) is 13.1. The van der Waals surface area contributed by atoms with Crippen LogP contribution in [-0.2, 0) is 4.79 Å². The van der Waals surface area contributed by atoms with Gasteiger partial charge in [-0.25, -0.2) is 4.98 Å². The summed E-state index contributed by atoms with van der Waals surface area (Å²) in [5.41, 5.74) is 0.361. The van der Waals surface area contributed by atoms with E-state index in [0.29, 0.717) is 18.8 Å². The van der Waals surface area contributed by atoms with Gasteiger partial charge < -0.3 is 10.2 Å². The Morgan fingerprint density at radius 3 is 3.00 bits per heavy atom. The molecule has 1 aromatic rings. The van der Waals surface area contributed by atoms with Crippen molar-refractivity contribution in [3.63, 3.8) is 0 Å². The van der Waals surface area contributed by atoms with Gasteiger partial charge in [0.05, 0.1) is 0 Å². The Kier molecular flexibility index (Phi) is 3.96. The Hall–Kier alpha value is -1.43. The molecule has 0 aromatic carbocycles. The number of halogens is 1. The first-order valence-electron chi connectivity index (χ1n) is 5.80. The largest absolute Gasteiger partial charge is 0.354 e. The minimum atomic E-state index is -0.453. The van der Waals surface area contributed by atoms with Gasteiger partial charge in [0.2, 0.25) is 5.91 Å². The normalized spacial score (nSPS) is 20.2. The molecular formula is C12H14BrN3O2. The molecule has 96 valence electrons. The lowest BCUT2D eigenvalue weighted by molar-refractivity contribution is -0.124. The zero-order valence-corrected chi connectivity index (χ0v) is 11.6. The molecule has 1 aliphatic rings. The highest BCUT2D eigenvalue weighted by Gasteiger charge is 2.28. The highest BCUT2D eigenvalue weighted by atomic mass is 79.9. The molecule has 0 bridgehead atoms. The van der Waals surface area contributed by atoms with Crippen LogP contribution in [0.15, 0.2) is 22.8 Å². The third-order valence-corrected chi connectivity index (χ3v) is 3.40. The van der Waals surface area contributed by atoms with Crippen LogP contribution in [0.3, 0.4) is 0 Å². The number of hydrogen-bond donors (Lipinski definition) is 1. The molecule has 0 radical (unpaired) electrons. The minimum Gasteiger partial charge on any atom is -0.354 e. The molecule has 5 nitrogen and oxygen atoms in total. The summed E-state index contributed by atoms with van der Waals surface area (Å²) in [5.74, 6) is -0.315. The third-order valence-electron chi connectivity index (χ3n) is 2.93. The summed E-state index contributed by atoms with van der Waals surface area (Å²) in [6.45, 7) is 2.91. The van der Waals surface area contributed by atoms with Crippen LogP contribution in [0.25, 0.3) is 0 Å². The Bertz CT molecular complexity index is 461. The third kappa shape index (κ3) is 2.69. The van der Waals surface area contributed by atoms with Crippen LogP contribution >= 0.6 is 15.9 Å². The highest BCUT2D eigenvalue weighted by Crippen LogP contribution is 2.12. The maximum absolute atomic E-state index is 12.3. The quantitative estimate of drug-likeness (QED) is 0.847. The maximum atomic E-state index is 12.3. The molecule has 1 fully saturated rings. The van der Waals surface area contributed by atoms with Crippen molar-refractivity contribution in [1.82, 2.24) is 15.2 Å². The van der Waals surface area contributed by atoms with Gasteiger partial charge in [0.1, 0.15) is 11.7 Å². The molecular weight excluding hydrogens is 298 g/mol. The molecule has 0 spiro atoms. The van der Waals surface area contributed by atoms with E-state index in [2.05, 4.69) is 26.2 Å². The Labute approximate surface area is 114 Å². The highest BCUT2D eigenvalue weighted by molar-refractivity contribution is 9.10. The van der Waals surface area contributed by atoms with Crippen LogP contribution in [0, 0.1) is 0 Å². The van der Waals surface area contributed by atoms with Crippen LogP contribution in [0.4, 0.5) is 0 Å². The number of pyridine rings is 1. The van der Waals surface area contributed by atoms with Crippen molar-refractivity contribution in [2.75, 3.05) is 13.1 Å². The number of nitrogens with zero attached hydrogens (tertiary/aromatic N) is 2. The topological polar surface area (TPSA) is 62.3 Å². The molecule has 1 N–H and O–H groups in total. The fourth-order valence-electron chi connectivity index (χ4n) is 1.87. The molecule has 2 amide bonds. The van der Waals surface area contributed by atoms with E-state index < -0.39 is 6.04 Å². The molecule has 1 atom stereocenters. The van der Waals surface area contributed by atoms with Gasteiger partial charge >= 0.3 is 0 Å². The maximum Gasteiger partial charge on any atom is 0.273 e. The summed E-state index contributed by atoms with van der Waals surface area (Å²) in [6, 6.07) is 2.97. The van der Waals surface area contributed by atoms with Crippen molar-refractivity contribution in [1.29, 1.82) is 0 Å². The lowest BCUT2D eigenvalue weighted by Gasteiger charge is -2.25. The predicted molar refractivity (Wildman–Crippen MR) is 70.1 cm³/mol. The first-order valence-corrected chi connectivity index (χ1v) is 6.59. The molecule has 0 aliphatic carbocycles. The van der Waals surface area contributed by atoms with Crippen molar-refractivity contribution >= 4 is 27.7 Å². The van der Waals surface area contributed by atoms with Crippen LogP contribution in [-0.4, -0.2) is 40.8 Å². The van der Waals surface area contributed by atoms with Gasteiger partial charge in [0.15, 0.2) is 0 Å². The first-order chi connectivity index (χ1) is 8.59. The Morgan fingerprint density at radius 2 is 2.33 bits per heavy atom. The molecule has 1 aliphatic heterocycles. The SMILES string of the molecule is C[C@H]1C(=O)NCCCN1C(=O)c1ccc(Br)cn1. The average Bonchev–Trinajstić information content (AvgIpc) is 2.53. The molecule has 6 heteroatoms. The van der Waals surface area contributed by atoms with Crippen LogP contribution in [0.2, 0.25) is 0 Å². The first kappa shape index (κ1) is 13.0. The van der Waals surface area contributed by atoms with E-state index in [4.69, 9.17) is 0 Å². The number of nitrogens with one attached hydrogen (secondary N) is 1.